The number of nitrogens with two attached hydrogens (primary N) is 1. The van der Waals surface area contributed by atoms with Crippen LogP contribution in [-0.2, 0) is 11.3 Å². The normalized spacial score (nSPS) is 22.5. The highest BCUT2D eigenvalue weighted by Gasteiger charge is 2.34. The maximum atomic E-state index is 12.7. The zero-order valence-electron chi connectivity index (χ0n) is 17.8. The lowest BCUT2D eigenvalue weighted by molar-refractivity contribution is -0.134. The van der Waals surface area contributed by atoms with Gasteiger partial charge in [-0.25, -0.2) is 0 Å². The second kappa shape index (κ2) is 10.8. The van der Waals surface area contributed by atoms with Gasteiger partial charge >= 0.3 is 0 Å². The van der Waals surface area contributed by atoms with Gasteiger partial charge in [-0.1, -0.05) is 49.4 Å². The molecule has 0 aliphatic carbocycles. The zero-order chi connectivity index (χ0) is 19.6. The van der Waals surface area contributed by atoms with Gasteiger partial charge in [-0.3, -0.25) is 14.6 Å². The molecule has 1 atom stereocenters. The van der Waals surface area contributed by atoms with Crippen LogP contribution < -0.4 is 5.73 Å². The van der Waals surface area contributed by atoms with E-state index in [4.69, 9.17) is 5.73 Å². The molecule has 2 fully saturated rings. The van der Waals surface area contributed by atoms with Crippen molar-refractivity contribution < 1.29 is 4.79 Å². The highest BCUT2D eigenvalue weighted by molar-refractivity contribution is 5.86. The highest BCUT2D eigenvalue weighted by Crippen LogP contribution is 2.28. The Bertz CT molecular complexity index is 836. The molecule has 2 aromatic carbocycles. The molecule has 0 bridgehead atoms. The van der Waals surface area contributed by atoms with Crippen LogP contribution in [0.4, 0.5) is 0 Å². The molecule has 2 N–H and O–H groups in total. The van der Waals surface area contributed by atoms with Crippen LogP contribution in [0.3, 0.4) is 0 Å². The van der Waals surface area contributed by atoms with Gasteiger partial charge in [0.05, 0.1) is 6.54 Å². The molecule has 166 valence electrons. The summed E-state index contributed by atoms with van der Waals surface area (Å²) in [6.07, 6.45) is 1.09. The first kappa shape index (κ1) is 24.9. The Morgan fingerprint density at radius 2 is 1.67 bits per heavy atom. The van der Waals surface area contributed by atoms with Gasteiger partial charge in [0.15, 0.2) is 0 Å². The van der Waals surface area contributed by atoms with Gasteiger partial charge in [0, 0.05) is 39.3 Å². The molecule has 5 nitrogen and oxygen atoms in total. The molecule has 1 unspecified atom stereocenters. The van der Waals surface area contributed by atoms with Crippen LogP contribution in [0.2, 0.25) is 0 Å². The molecule has 7 heteroatoms. The van der Waals surface area contributed by atoms with Crippen molar-refractivity contribution in [3.8, 4) is 0 Å². The molecule has 2 aliphatic rings. The number of likely N-dealkylation sites (tertiary alicyclic amines) is 1. The summed E-state index contributed by atoms with van der Waals surface area (Å²) in [5.74, 6) is 0.270. The fourth-order valence-corrected chi connectivity index (χ4v) is 4.55. The molecule has 0 aromatic heterocycles. The molecule has 0 saturated carbocycles. The average molecular weight is 453 g/mol. The molecule has 2 aromatic rings. The van der Waals surface area contributed by atoms with Gasteiger partial charge in [0.1, 0.15) is 0 Å². The molecule has 30 heavy (non-hydrogen) atoms. The maximum Gasteiger partial charge on any atom is 0.236 e. The van der Waals surface area contributed by atoms with Crippen molar-refractivity contribution in [3.63, 3.8) is 0 Å². The number of benzene rings is 2. The summed E-state index contributed by atoms with van der Waals surface area (Å²) in [4.78, 5) is 19.5. The number of halogens is 2. The molecule has 2 aliphatic heterocycles. The van der Waals surface area contributed by atoms with E-state index in [0.29, 0.717) is 13.1 Å². The number of piperazine rings is 1. The van der Waals surface area contributed by atoms with Crippen LogP contribution in [0.15, 0.2) is 42.5 Å². The Balaban J connectivity index is 0.00000160. The minimum absolute atomic E-state index is 0. The summed E-state index contributed by atoms with van der Waals surface area (Å²) in [5, 5.41) is 2.63. The molecule has 2 saturated heterocycles. The molecular weight excluding hydrogens is 419 g/mol. The predicted octanol–water partition coefficient (Wildman–Crippen LogP) is 3.00. The first-order chi connectivity index (χ1) is 13.6. The van der Waals surface area contributed by atoms with Gasteiger partial charge in [0.25, 0.3) is 0 Å². The Kier molecular flexibility index (Phi) is 8.95. The smallest absolute Gasteiger partial charge is 0.236 e. The quantitative estimate of drug-likeness (QED) is 0.757. The lowest BCUT2D eigenvalue weighted by atomic mass is 9.90. The second-order valence-electron chi connectivity index (χ2n) is 8.77. The molecule has 2 heterocycles. The lowest BCUT2D eigenvalue weighted by Gasteiger charge is -2.35. The van der Waals surface area contributed by atoms with E-state index in [1.165, 1.54) is 16.3 Å². The summed E-state index contributed by atoms with van der Waals surface area (Å²) in [7, 11) is 0. The van der Waals surface area contributed by atoms with E-state index in [1.807, 2.05) is 4.90 Å². The number of hydrogen-bond acceptors (Lipinski definition) is 4. The largest absolute Gasteiger partial charge is 0.339 e. The second-order valence-corrected chi connectivity index (χ2v) is 8.77. The van der Waals surface area contributed by atoms with Crippen molar-refractivity contribution in [1.29, 1.82) is 0 Å². The fourth-order valence-electron chi connectivity index (χ4n) is 4.55. The summed E-state index contributed by atoms with van der Waals surface area (Å²) >= 11 is 0. The van der Waals surface area contributed by atoms with Crippen LogP contribution in [0.1, 0.15) is 18.9 Å². The number of nitrogens with zero attached hydrogens (tertiary/aromatic N) is 3. The van der Waals surface area contributed by atoms with Gasteiger partial charge in [-0.05, 0) is 41.3 Å². The minimum atomic E-state index is 0. The Morgan fingerprint density at radius 3 is 2.37 bits per heavy atom. The van der Waals surface area contributed by atoms with Crippen molar-refractivity contribution >= 4 is 41.5 Å². The maximum absolute atomic E-state index is 12.7. The third-order valence-electron chi connectivity index (χ3n) is 6.49. The number of rotatable bonds is 5. The molecule has 0 spiro atoms. The molecular formula is C23H34Cl2N4O. The molecule has 1 amide bonds. The van der Waals surface area contributed by atoms with Crippen LogP contribution in [-0.4, -0.2) is 73.0 Å². The SMILES string of the molecule is CC1(CN)CCN(CC(=O)N2CCN(Cc3cccc4ccccc34)CC2)C1.Cl.Cl. The fraction of sp³-hybridized carbons (Fsp3) is 0.522. The van der Waals surface area contributed by atoms with Crippen molar-refractivity contribution in [2.45, 2.75) is 19.9 Å². The monoisotopic (exact) mass is 452 g/mol. The van der Waals surface area contributed by atoms with E-state index in [1.54, 1.807) is 0 Å². The van der Waals surface area contributed by atoms with E-state index in [0.717, 1.165) is 52.2 Å². The van der Waals surface area contributed by atoms with Gasteiger partial charge < -0.3 is 10.6 Å². The van der Waals surface area contributed by atoms with Crippen molar-refractivity contribution in [3.05, 3.63) is 48.0 Å². The number of carbonyl (C=O) groups is 1. The van der Waals surface area contributed by atoms with E-state index in [2.05, 4.69) is 59.2 Å². The first-order valence-corrected chi connectivity index (χ1v) is 10.5. The number of fused-ring (bicyclic) bond motifs is 1. The van der Waals surface area contributed by atoms with Gasteiger partial charge in [-0.2, -0.15) is 0 Å². The standard InChI is InChI=1S/C23H32N4O.2ClH/c1-23(17-24)9-10-26(18-23)16-22(28)27-13-11-25(12-14-27)15-20-7-4-6-19-5-2-3-8-21(19)20;;/h2-8H,9-18,24H2,1H3;2*1H. The molecule has 0 radical (unpaired) electrons. The van der Waals surface area contributed by atoms with E-state index < -0.39 is 0 Å². The van der Waals surface area contributed by atoms with E-state index >= 15 is 0 Å². The van der Waals surface area contributed by atoms with Crippen molar-refractivity contribution in [1.82, 2.24) is 14.7 Å². The Morgan fingerprint density at radius 1 is 0.967 bits per heavy atom. The van der Waals surface area contributed by atoms with Crippen LogP contribution in [0.25, 0.3) is 10.8 Å². The van der Waals surface area contributed by atoms with E-state index in [-0.39, 0.29) is 36.1 Å². The van der Waals surface area contributed by atoms with Crippen LogP contribution >= 0.6 is 24.8 Å². The average Bonchev–Trinajstić information content (AvgIpc) is 3.10. The third-order valence-corrected chi connectivity index (χ3v) is 6.49. The number of amides is 1. The van der Waals surface area contributed by atoms with Gasteiger partial charge in [-0.15, -0.1) is 24.8 Å². The van der Waals surface area contributed by atoms with Gasteiger partial charge in [0.2, 0.25) is 5.91 Å². The minimum Gasteiger partial charge on any atom is -0.339 e. The van der Waals surface area contributed by atoms with E-state index in [9.17, 15) is 4.79 Å². The van der Waals surface area contributed by atoms with Crippen LogP contribution in [0, 0.1) is 5.41 Å². The first-order valence-electron chi connectivity index (χ1n) is 10.5. The summed E-state index contributed by atoms with van der Waals surface area (Å²) < 4.78 is 0. The lowest BCUT2D eigenvalue weighted by Crippen LogP contribution is -2.50. The Labute approximate surface area is 192 Å². The zero-order valence-corrected chi connectivity index (χ0v) is 19.4. The topological polar surface area (TPSA) is 52.8 Å². The number of carbonyl (C=O) groups excluding carboxylic acids is 1. The van der Waals surface area contributed by atoms with Crippen LogP contribution in [0.5, 0.6) is 0 Å². The summed E-state index contributed by atoms with van der Waals surface area (Å²) in [6.45, 7) is 9.87. The summed E-state index contributed by atoms with van der Waals surface area (Å²) in [6, 6.07) is 15.1. The third kappa shape index (κ3) is 5.65. The molecule has 4 rings (SSSR count). The summed E-state index contributed by atoms with van der Waals surface area (Å²) in [5.41, 5.74) is 7.44. The predicted molar refractivity (Wildman–Crippen MR) is 129 cm³/mol. The van der Waals surface area contributed by atoms with Crippen molar-refractivity contribution in [2.24, 2.45) is 11.1 Å². The number of hydrogen-bond donors (Lipinski definition) is 1. The highest BCUT2D eigenvalue weighted by atomic mass is 35.5. The Hall–Kier alpha value is -1.37. The van der Waals surface area contributed by atoms with Crippen molar-refractivity contribution in [2.75, 3.05) is 52.4 Å².